The largest absolute Gasteiger partial charge is 0.302 e. The van der Waals surface area contributed by atoms with Crippen LogP contribution < -0.4 is 0 Å². The molecule has 1 atom stereocenters. The smallest absolute Gasteiger partial charge is 0.182 e. The van der Waals surface area contributed by atoms with Crippen molar-refractivity contribution < 1.29 is 8.42 Å². The van der Waals surface area contributed by atoms with Crippen molar-refractivity contribution in [2.75, 3.05) is 19.6 Å². The molecule has 116 valence electrons. The van der Waals surface area contributed by atoms with Crippen LogP contribution in [0.1, 0.15) is 38.5 Å². The van der Waals surface area contributed by atoms with Gasteiger partial charge in [0.2, 0.25) is 0 Å². The van der Waals surface area contributed by atoms with Crippen LogP contribution in [0.3, 0.4) is 0 Å². The second-order valence-corrected chi connectivity index (χ2v) is 8.76. The van der Waals surface area contributed by atoms with Gasteiger partial charge in [-0.1, -0.05) is 37.5 Å². The third-order valence-corrected chi connectivity index (χ3v) is 7.17. The first-order valence-corrected chi connectivity index (χ1v) is 9.72. The zero-order chi connectivity index (χ0) is 14.7. The van der Waals surface area contributed by atoms with E-state index in [9.17, 15) is 8.42 Å². The Labute approximate surface area is 128 Å². The number of hydrogen-bond acceptors (Lipinski definition) is 3. The molecule has 1 heterocycles. The number of rotatable bonds is 4. The Balaban J connectivity index is 1.61. The Hall–Kier alpha value is -0.870. The van der Waals surface area contributed by atoms with Crippen LogP contribution in [0.2, 0.25) is 0 Å². The second-order valence-electron chi connectivity index (χ2n) is 6.53. The normalized spacial score (nSPS) is 25.2. The van der Waals surface area contributed by atoms with Crippen molar-refractivity contribution in [2.24, 2.45) is 5.92 Å². The fourth-order valence-corrected chi connectivity index (χ4v) is 5.50. The summed E-state index contributed by atoms with van der Waals surface area (Å²) in [6.45, 7) is 2.75. The molecule has 0 radical (unpaired) electrons. The van der Waals surface area contributed by atoms with E-state index in [-0.39, 0.29) is 5.25 Å². The average Bonchev–Trinajstić information content (AvgIpc) is 2.98. The van der Waals surface area contributed by atoms with E-state index in [0.717, 1.165) is 25.4 Å². The molecule has 0 spiro atoms. The highest BCUT2D eigenvalue weighted by atomic mass is 32.2. The molecule has 0 bridgehead atoms. The number of likely N-dealkylation sites (tertiary alicyclic amines) is 1. The highest BCUT2D eigenvalue weighted by molar-refractivity contribution is 7.92. The molecule has 3 rings (SSSR count). The summed E-state index contributed by atoms with van der Waals surface area (Å²) < 4.78 is 25.3. The van der Waals surface area contributed by atoms with Gasteiger partial charge in [0.25, 0.3) is 0 Å². The summed E-state index contributed by atoms with van der Waals surface area (Å²) in [6, 6.07) is 8.92. The molecule has 3 nitrogen and oxygen atoms in total. The van der Waals surface area contributed by atoms with Crippen molar-refractivity contribution in [1.29, 1.82) is 0 Å². The molecule has 0 unspecified atom stereocenters. The van der Waals surface area contributed by atoms with E-state index in [4.69, 9.17) is 0 Å². The molecule has 1 aromatic rings. The van der Waals surface area contributed by atoms with E-state index in [1.54, 1.807) is 12.1 Å². The van der Waals surface area contributed by atoms with Crippen LogP contribution in [0.15, 0.2) is 35.2 Å². The van der Waals surface area contributed by atoms with Crippen LogP contribution in [0, 0.1) is 5.92 Å². The highest BCUT2D eigenvalue weighted by Crippen LogP contribution is 2.28. The zero-order valence-electron chi connectivity index (χ0n) is 12.6. The van der Waals surface area contributed by atoms with Crippen LogP contribution in [-0.2, 0) is 9.84 Å². The van der Waals surface area contributed by atoms with Gasteiger partial charge in [-0.05, 0) is 43.9 Å². The van der Waals surface area contributed by atoms with Gasteiger partial charge < -0.3 is 4.90 Å². The molecule has 1 saturated heterocycles. The maximum absolute atomic E-state index is 12.6. The lowest BCUT2D eigenvalue weighted by atomic mass is 9.89. The van der Waals surface area contributed by atoms with Gasteiger partial charge in [0, 0.05) is 13.1 Å². The lowest BCUT2D eigenvalue weighted by molar-refractivity contribution is 0.234. The molecule has 4 heteroatoms. The van der Waals surface area contributed by atoms with Gasteiger partial charge in [0.05, 0.1) is 10.1 Å². The minimum atomic E-state index is -3.15. The maximum Gasteiger partial charge on any atom is 0.182 e. The third kappa shape index (κ3) is 3.49. The van der Waals surface area contributed by atoms with Gasteiger partial charge in [0.1, 0.15) is 0 Å². The standard InChI is InChI=1S/C17H25NO2S/c19-21(20,16-9-5-2-6-10-16)17-11-12-18(14-17)13-15-7-3-1-4-8-15/h2,5-6,9-10,15,17H,1,3-4,7-8,11-14H2/t17-/m1/s1. The van der Waals surface area contributed by atoms with Crippen molar-refractivity contribution in [3.05, 3.63) is 30.3 Å². The van der Waals surface area contributed by atoms with Gasteiger partial charge in [-0.25, -0.2) is 8.42 Å². The SMILES string of the molecule is O=S(=O)(c1ccccc1)[C@@H]1CCN(CC2CCCCC2)C1. The first kappa shape index (κ1) is 15.0. The maximum atomic E-state index is 12.6. The number of sulfone groups is 1. The minimum absolute atomic E-state index is 0.219. The van der Waals surface area contributed by atoms with Crippen molar-refractivity contribution in [2.45, 2.75) is 48.7 Å². The van der Waals surface area contributed by atoms with Gasteiger partial charge in [0.15, 0.2) is 9.84 Å². The van der Waals surface area contributed by atoms with E-state index in [0.29, 0.717) is 11.4 Å². The Morgan fingerprint density at radius 2 is 1.71 bits per heavy atom. The monoisotopic (exact) mass is 307 g/mol. The third-order valence-electron chi connectivity index (χ3n) is 4.98. The molecule has 1 aliphatic heterocycles. The summed E-state index contributed by atoms with van der Waals surface area (Å²) in [5.74, 6) is 0.789. The molecule has 2 aliphatic rings. The molecule has 2 fully saturated rings. The highest BCUT2D eigenvalue weighted by Gasteiger charge is 2.34. The van der Waals surface area contributed by atoms with E-state index in [1.165, 1.54) is 32.1 Å². The summed E-state index contributed by atoms with van der Waals surface area (Å²) >= 11 is 0. The van der Waals surface area contributed by atoms with Crippen LogP contribution in [0.5, 0.6) is 0 Å². The molecule has 21 heavy (non-hydrogen) atoms. The second kappa shape index (κ2) is 6.49. The van der Waals surface area contributed by atoms with Crippen molar-refractivity contribution >= 4 is 9.84 Å². The van der Waals surface area contributed by atoms with Crippen molar-refractivity contribution in [1.82, 2.24) is 4.90 Å². The van der Waals surface area contributed by atoms with Crippen LogP contribution in [0.25, 0.3) is 0 Å². The molecule has 1 saturated carbocycles. The van der Waals surface area contributed by atoms with Gasteiger partial charge in [-0.2, -0.15) is 0 Å². The fourth-order valence-electron chi connectivity index (χ4n) is 3.75. The fraction of sp³-hybridized carbons (Fsp3) is 0.647. The Morgan fingerprint density at radius 3 is 2.43 bits per heavy atom. The number of nitrogens with zero attached hydrogens (tertiary/aromatic N) is 1. The number of hydrogen-bond donors (Lipinski definition) is 0. The molecule has 0 N–H and O–H groups in total. The van der Waals surface area contributed by atoms with E-state index in [2.05, 4.69) is 4.90 Å². The predicted molar refractivity (Wildman–Crippen MR) is 85.0 cm³/mol. The van der Waals surface area contributed by atoms with E-state index < -0.39 is 9.84 Å². The van der Waals surface area contributed by atoms with E-state index >= 15 is 0 Å². The lowest BCUT2D eigenvalue weighted by Crippen LogP contribution is -2.31. The van der Waals surface area contributed by atoms with Crippen molar-refractivity contribution in [3.8, 4) is 0 Å². The lowest BCUT2D eigenvalue weighted by Gasteiger charge is -2.26. The predicted octanol–water partition coefficient (Wildman–Crippen LogP) is 3.11. The quantitative estimate of drug-likeness (QED) is 0.857. The minimum Gasteiger partial charge on any atom is -0.302 e. The molecule has 1 aromatic carbocycles. The Kier molecular flexibility index (Phi) is 4.65. The molecular formula is C17H25NO2S. The van der Waals surface area contributed by atoms with E-state index in [1.807, 2.05) is 18.2 Å². The first-order valence-electron chi connectivity index (χ1n) is 8.17. The van der Waals surface area contributed by atoms with Gasteiger partial charge in [-0.15, -0.1) is 0 Å². The first-order chi connectivity index (χ1) is 10.2. The molecule has 0 aromatic heterocycles. The summed E-state index contributed by atoms with van der Waals surface area (Å²) in [4.78, 5) is 2.86. The van der Waals surface area contributed by atoms with Crippen molar-refractivity contribution in [3.63, 3.8) is 0 Å². The Bertz CT molecular complexity index is 549. The topological polar surface area (TPSA) is 37.4 Å². The molecule has 1 aliphatic carbocycles. The Morgan fingerprint density at radius 1 is 1.00 bits per heavy atom. The van der Waals surface area contributed by atoms with Gasteiger partial charge >= 0.3 is 0 Å². The zero-order valence-corrected chi connectivity index (χ0v) is 13.4. The van der Waals surface area contributed by atoms with Crippen LogP contribution in [0.4, 0.5) is 0 Å². The summed E-state index contributed by atoms with van der Waals surface area (Å²) in [6.07, 6.45) is 7.51. The summed E-state index contributed by atoms with van der Waals surface area (Å²) in [7, 11) is -3.15. The van der Waals surface area contributed by atoms with Crippen LogP contribution >= 0.6 is 0 Å². The summed E-state index contributed by atoms with van der Waals surface area (Å²) in [5.41, 5.74) is 0. The average molecular weight is 307 g/mol. The number of benzene rings is 1. The van der Waals surface area contributed by atoms with Gasteiger partial charge in [-0.3, -0.25) is 0 Å². The molecular weight excluding hydrogens is 282 g/mol. The summed E-state index contributed by atoms with van der Waals surface area (Å²) in [5, 5.41) is -0.219. The van der Waals surface area contributed by atoms with Crippen LogP contribution in [-0.4, -0.2) is 38.2 Å². The molecule has 0 amide bonds.